The molecule has 22 nitrogen and oxygen atoms in total. The van der Waals surface area contributed by atoms with Crippen molar-refractivity contribution in [1.82, 2.24) is 5.32 Å². The minimum atomic E-state index is -4.68. The summed E-state index contributed by atoms with van der Waals surface area (Å²) in [6.45, 7) is 21.1. The van der Waals surface area contributed by atoms with Gasteiger partial charge in [0.25, 0.3) is 0 Å². The van der Waals surface area contributed by atoms with Gasteiger partial charge in [0.1, 0.15) is 62.2 Å². The van der Waals surface area contributed by atoms with Gasteiger partial charge in [-0.3, -0.25) is 28.0 Å². The molecule has 2 N–H and O–H groups in total. The van der Waals surface area contributed by atoms with Crippen molar-refractivity contribution >= 4 is 37.8 Å². The summed E-state index contributed by atoms with van der Waals surface area (Å²) >= 11 is 0. The van der Waals surface area contributed by atoms with E-state index in [0.29, 0.717) is 32.1 Å². The zero-order valence-electron chi connectivity index (χ0n) is 63.6. The molecule has 2 aliphatic rings. The molecular weight excluding hydrogens is 1330 g/mol. The molecule has 11 atom stereocenters. The maximum absolute atomic E-state index is 14.8. The number of rotatable bonds is 68. The number of esters is 1. The van der Waals surface area contributed by atoms with E-state index >= 15 is 0 Å². The molecule has 2 rings (SSSR count). The number of unbranched alkanes of at least 4 members (excludes halogenated alkanes) is 30. The third kappa shape index (κ3) is 44.6. The fourth-order valence-corrected chi connectivity index (χ4v) is 13.6. The van der Waals surface area contributed by atoms with Gasteiger partial charge in [0.05, 0.1) is 32.3 Å². The van der Waals surface area contributed by atoms with Crippen LogP contribution in [-0.4, -0.2) is 162 Å². The number of amides is 1. The number of aliphatic hydroxyl groups excluding tert-OH is 1. The smallest absolute Gasteiger partial charge is 0.454 e. The molecule has 0 aliphatic carbocycles. The lowest BCUT2D eigenvalue weighted by Gasteiger charge is -2.47. The fourth-order valence-electron chi connectivity index (χ4n) is 12.3. The molecule has 0 aromatic heterocycles. The van der Waals surface area contributed by atoms with Crippen LogP contribution < -0.4 is 5.32 Å². The molecule has 2 heterocycles. The standard InChI is InChI=1S/C79H138NO21P/c1-10-18-22-26-29-32-33-34-35-36-37-39-41-45-49-53-69(83)99-75-74(90-60-54-65(88-9)52-48-43-25-21-13-4)72(101-102(87,95-57-16-7)96-58-17-8)67(63-94-78(85)91-55-14-5)98-77(75)93-62-66-71(100-79(86)92-56-15-6)73(89-59-50-46-42-31-28-24-20-12-3)70(76(84)97-66)80-68(82)61-64(81)51-47-44-40-38-30-27-23-19-11-2/h14-17,32-33,65-67,70-77,84H,5-8,10-13,18-31,34-63H2,1-4,9H3,(H,80,82)/b33-32-/t65-,66+,67+,70-,71+,72+,73+,74-,75+,76-,77+/m0/s1. The second-order valence-corrected chi connectivity index (χ2v) is 28.5. The van der Waals surface area contributed by atoms with Crippen LogP contribution in [0.2, 0.25) is 0 Å². The quantitative estimate of drug-likeness (QED) is 0.0143. The van der Waals surface area contributed by atoms with E-state index in [1.54, 1.807) is 7.11 Å². The molecule has 0 unspecified atom stereocenters. The summed E-state index contributed by atoms with van der Waals surface area (Å²) in [5.41, 5.74) is 0. The number of hydrogen-bond donors (Lipinski definition) is 2. The minimum Gasteiger partial charge on any atom is -0.454 e. The summed E-state index contributed by atoms with van der Waals surface area (Å²) in [6.07, 6.45) is 30.2. The molecule has 0 saturated carbocycles. The van der Waals surface area contributed by atoms with Gasteiger partial charge in [0, 0.05) is 33.2 Å². The van der Waals surface area contributed by atoms with Crippen LogP contribution in [0.15, 0.2) is 62.8 Å². The monoisotopic (exact) mass is 1470 g/mol. The van der Waals surface area contributed by atoms with Crippen LogP contribution in [0.1, 0.15) is 285 Å². The normalized spacial score (nSPS) is 20.9. The molecule has 102 heavy (non-hydrogen) atoms. The Bertz CT molecular complexity index is 2260. The number of phosphoric acid groups is 1. The highest BCUT2D eigenvalue weighted by atomic mass is 31.2. The van der Waals surface area contributed by atoms with Crippen molar-refractivity contribution in [1.29, 1.82) is 0 Å². The van der Waals surface area contributed by atoms with E-state index in [1.807, 2.05) is 0 Å². The number of Topliss-reactive ketones (excluding diaryl/α,β-unsaturated/α-hetero) is 1. The lowest BCUT2D eigenvalue weighted by molar-refractivity contribution is -0.324. The number of nitrogens with one attached hydrogen (secondary N) is 1. The van der Waals surface area contributed by atoms with Crippen LogP contribution in [0.5, 0.6) is 0 Å². The molecule has 23 heteroatoms. The van der Waals surface area contributed by atoms with Crippen molar-refractivity contribution in [3.63, 3.8) is 0 Å². The number of carbonyl (C=O) groups excluding carboxylic acids is 5. The first-order valence-electron chi connectivity index (χ1n) is 39.3. The highest BCUT2D eigenvalue weighted by Gasteiger charge is 2.55. The van der Waals surface area contributed by atoms with Gasteiger partial charge in [-0.1, -0.05) is 257 Å². The van der Waals surface area contributed by atoms with Gasteiger partial charge in [-0.2, -0.15) is 0 Å². The van der Waals surface area contributed by atoms with Gasteiger partial charge < -0.3 is 62.5 Å². The number of allylic oxidation sites excluding steroid dienone is 2. The van der Waals surface area contributed by atoms with E-state index < -0.39 is 113 Å². The number of methoxy groups -OCH3 is 1. The van der Waals surface area contributed by atoms with Gasteiger partial charge in [-0.05, 0) is 57.8 Å². The molecule has 0 aromatic rings. The van der Waals surface area contributed by atoms with Crippen LogP contribution in [0.4, 0.5) is 9.59 Å². The Labute approximate surface area is 614 Å². The van der Waals surface area contributed by atoms with Crippen LogP contribution in [-0.2, 0) is 84.6 Å². The summed E-state index contributed by atoms with van der Waals surface area (Å²) in [7, 11) is -3.06. The number of phosphoric ester groups is 1. The average molecular weight is 1470 g/mol. The number of ether oxygens (including phenoxy) is 11. The maximum Gasteiger partial charge on any atom is 0.509 e. The van der Waals surface area contributed by atoms with Gasteiger partial charge >= 0.3 is 26.1 Å². The Morgan fingerprint density at radius 3 is 1.51 bits per heavy atom. The maximum atomic E-state index is 14.8. The second-order valence-electron chi connectivity index (χ2n) is 26.9. The Kier molecular flexibility index (Phi) is 57.8. The van der Waals surface area contributed by atoms with Crippen LogP contribution in [0.25, 0.3) is 0 Å². The van der Waals surface area contributed by atoms with Crippen molar-refractivity contribution in [2.75, 3.05) is 60.0 Å². The summed E-state index contributed by atoms with van der Waals surface area (Å²) in [4.78, 5) is 68.8. The molecule has 0 aromatic carbocycles. The number of aliphatic hydroxyl groups is 1. The SMILES string of the molecule is C=CCOC(=O)OC[C@H]1O[C@@H](OC[C@H]2O[C@H](O)[C@@H](NC(=O)CC(=O)CCCCCCCCCCC)[C@@H](OCCCCCCCCCC)[C@@H]2OC(=O)OCC=C)[C@H](OC(=O)CCCCCCCCC/C=C\CCCCCC)[C@@H](OCC[C@H](CCCCCCC)OC)[C@@H]1OP(=O)(OCC=C)OCC=C. The molecule has 0 radical (unpaired) electrons. The largest absolute Gasteiger partial charge is 0.509 e. The Balaban J connectivity index is 2.77. The lowest BCUT2D eigenvalue weighted by atomic mass is 9.95. The minimum absolute atomic E-state index is 0.0319. The summed E-state index contributed by atoms with van der Waals surface area (Å²) in [5, 5.41) is 14.9. The van der Waals surface area contributed by atoms with E-state index in [4.69, 9.17) is 65.7 Å². The summed E-state index contributed by atoms with van der Waals surface area (Å²) < 4.78 is 100. The third-order valence-electron chi connectivity index (χ3n) is 18.0. The number of ketones is 1. The summed E-state index contributed by atoms with van der Waals surface area (Å²) in [5.74, 6) is -1.64. The first kappa shape index (κ1) is 93.8. The first-order chi connectivity index (χ1) is 49.7. The first-order valence-corrected chi connectivity index (χ1v) is 40.8. The molecule has 2 fully saturated rings. The van der Waals surface area contributed by atoms with E-state index in [9.17, 15) is 33.6 Å². The third-order valence-corrected chi connectivity index (χ3v) is 19.5. The van der Waals surface area contributed by atoms with Crippen molar-refractivity contribution in [3.8, 4) is 0 Å². The second kappa shape index (κ2) is 62.8. The van der Waals surface area contributed by atoms with Crippen molar-refractivity contribution in [2.24, 2.45) is 0 Å². The number of carbonyl (C=O) groups is 5. The zero-order valence-corrected chi connectivity index (χ0v) is 64.5. The predicted octanol–water partition coefficient (Wildman–Crippen LogP) is 18.4. The Morgan fingerprint density at radius 1 is 0.480 bits per heavy atom. The van der Waals surface area contributed by atoms with Gasteiger partial charge in [0.2, 0.25) is 5.91 Å². The molecule has 0 spiro atoms. The Morgan fingerprint density at radius 2 is 0.961 bits per heavy atom. The van der Waals surface area contributed by atoms with Crippen LogP contribution >= 0.6 is 7.82 Å². The van der Waals surface area contributed by atoms with Crippen LogP contribution in [0, 0.1) is 0 Å². The molecule has 2 saturated heterocycles. The topological polar surface area (TPSA) is 264 Å². The molecule has 590 valence electrons. The van der Waals surface area contributed by atoms with Crippen molar-refractivity contribution < 1.29 is 99.3 Å². The molecule has 0 bridgehead atoms. The highest BCUT2D eigenvalue weighted by molar-refractivity contribution is 7.48. The van der Waals surface area contributed by atoms with E-state index in [-0.39, 0.29) is 64.4 Å². The van der Waals surface area contributed by atoms with E-state index in [0.717, 1.165) is 154 Å². The summed E-state index contributed by atoms with van der Waals surface area (Å²) in [6, 6.07) is -1.40. The van der Waals surface area contributed by atoms with Crippen molar-refractivity contribution in [3.05, 3.63) is 62.8 Å². The number of hydrogen-bond acceptors (Lipinski definition) is 21. The molecular formula is C79H138NO21P. The predicted molar refractivity (Wildman–Crippen MR) is 398 cm³/mol. The van der Waals surface area contributed by atoms with Crippen molar-refractivity contribution in [2.45, 2.75) is 352 Å². The van der Waals surface area contributed by atoms with Gasteiger partial charge in [0.15, 0.2) is 24.8 Å². The lowest BCUT2D eigenvalue weighted by Crippen LogP contribution is -2.67. The van der Waals surface area contributed by atoms with E-state index in [1.165, 1.54) is 75.7 Å². The fraction of sp³-hybridized carbons (Fsp3) is 0.810. The van der Waals surface area contributed by atoms with E-state index in [2.05, 4.69) is 71.5 Å². The van der Waals surface area contributed by atoms with Crippen LogP contribution in [0.3, 0.4) is 0 Å². The van der Waals surface area contributed by atoms with Gasteiger partial charge in [-0.15, -0.1) is 13.2 Å². The van der Waals surface area contributed by atoms with Gasteiger partial charge in [-0.25, -0.2) is 14.2 Å². The average Bonchev–Trinajstić information content (AvgIpc) is 0.782. The zero-order chi connectivity index (χ0) is 74.5. The Hall–Kier alpha value is -4.32. The highest BCUT2D eigenvalue weighted by Crippen LogP contribution is 2.53. The molecule has 2 aliphatic heterocycles. The molecule has 1 amide bonds.